The van der Waals surface area contributed by atoms with E-state index in [1.54, 1.807) is 0 Å². The summed E-state index contributed by atoms with van der Waals surface area (Å²) in [5, 5.41) is 6.46. The van der Waals surface area contributed by atoms with Crippen molar-refractivity contribution in [2.75, 3.05) is 32.7 Å². The lowest BCUT2D eigenvalue weighted by molar-refractivity contribution is -0.126. The molecule has 1 amide bonds. The highest BCUT2D eigenvalue weighted by atomic mass is 35.5. The standard InChI is InChI=1S/C15H31N3O.2ClH/c1-4-18(5-2)11-7-8-13(3)17-15(19)14-9-6-10-16-12-14;;/h13-14,16H,4-12H2,1-3H3,(H,17,19);2*1H. The SMILES string of the molecule is CCN(CC)CCCC(C)NC(=O)C1CCCNC1.Cl.Cl. The molecular weight excluding hydrogens is 309 g/mol. The van der Waals surface area contributed by atoms with Gasteiger partial charge < -0.3 is 15.5 Å². The fraction of sp³-hybridized carbons (Fsp3) is 0.933. The zero-order valence-corrected chi connectivity index (χ0v) is 15.3. The predicted octanol–water partition coefficient (Wildman–Crippen LogP) is 2.46. The van der Waals surface area contributed by atoms with Gasteiger partial charge in [0.25, 0.3) is 0 Å². The summed E-state index contributed by atoms with van der Waals surface area (Å²) in [6.45, 7) is 11.8. The van der Waals surface area contributed by atoms with Crippen molar-refractivity contribution >= 4 is 30.7 Å². The van der Waals surface area contributed by atoms with E-state index in [4.69, 9.17) is 0 Å². The number of carbonyl (C=O) groups is 1. The lowest BCUT2D eigenvalue weighted by Crippen LogP contribution is -2.43. The maximum atomic E-state index is 12.1. The van der Waals surface area contributed by atoms with E-state index < -0.39 is 0 Å². The Hall–Kier alpha value is -0.0300. The molecule has 0 aliphatic carbocycles. The summed E-state index contributed by atoms with van der Waals surface area (Å²) >= 11 is 0. The molecule has 2 N–H and O–H groups in total. The number of piperidine rings is 1. The lowest BCUT2D eigenvalue weighted by Gasteiger charge is -2.24. The van der Waals surface area contributed by atoms with Crippen LogP contribution in [0.2, 0.25) is 0 Å². The van der Waals surface area contributed by atoms with Crippen LogP contribution >= 0.6 is 24.8 Å². The first-order valence-electron chi connectivity index (χ1n) is 7.90. The molecule has 1 saturated heterocycles. The maximum Gasteiger partial charge on any atom is 0.224 e. The Morgan fingerprint density at radius 1 is 1.33 bits per heavy atom. The van der Waals surface area contributed by atoms with Crippen molar-refractivity contribution in [2.45, 2.75) is 52.5 Å². The van der Waals surface area contributed by atoms with Gasteiger partial charge in [-0.25, -0.2) is 0 Å². The normalized spacial score (nSPS) is 19.3. The Morgan fingerprint density at radius 2 is 2.00 bits per heavy atom. The number of hydrogen-bond acceptors (Lipinski definition) is 3. The number of hydrogen-bond donors (Lipinski definition) is 2. The Morgan fingerprint density at radius 3 is 2.52 bits per heavy atom. The molecule has 2 atom stereocenters. The van der Waals surface area contributed by atoms with E-state index in [-0.39, 0.29) is 36.6 Å². The van der Waals surface area contributed by atoms with Gasteiger partial charge >= 0.3 is 0 Å². The summed E-state index contributed by atoms with van der Waals surface area (Å²) in [6, 6.07) is 0.296. The molecule has 2 unspecified atom stereocenters. The van der Waals surface area contributed by atoms with Gasteiger partial charge in [0, 0.05) is 12.6 Å². The third-order valence-corrected chi connectivity index (χ3v) is 4.06. The molecule has 0 aromatic heterocycles. The van der Waals surface area contributed by atoms with Crippen molar-refractivity contribution in [1.29, 1.82) is 0 Å². The number of nitrogens with one attached hydrogen (secondary N) is 2. The average molecular weight is 342 g/mol. The molecule has 6 heteroatoms. The second kappa shape index (κ2) is 13.6. The van der Waals surface area contributed by atoms with Crippen LogP contribution in [0, 0.1) is 5.92 Å². The van der Waals surface area contributed by atoms with Crippen LogP contribution in [0.15, 0.2) is 0 Å². The highest BCUT2D eigenvalue weighted by Crippen LogP contribution is 2.10. The maximum absolute atomic E-state index is 12.1. The van der Waals surface area contributed by atoms with Gasteiger partial charge in [-0.3, -0.25) is 4.79 Å². The van der Waals surface area contributed by atoms with Gasteiger partial charge in [0.15, 0.2) is 0 Å². The smallest absolute Gasteiger partial charge is 0.224 e. The van der Waals surface area contributed by atoms with Gasteiger partial charge in [-0.1, -0.05) is 13.8 Å². The quantitative estimate of drug-likeness (QED) is 0.712. The molecule has 1 aliphatic heterocycles. The summed E-state index contributed by atoms with van der Waals surface area (Å²) in [7, 11) is 0. The number of rotatable bonds is 8. The Labute approximate surface area is 142 Å². The van der Waals surface area contributed by atoms with Gasteiger partial charge in [0.05, 0.1) is 5.92 Å². The van der Waals surface area contributed by atoms with E-state index >= 15 is 0 Å². The molecule has 0 spiro atoms. The van der Waals surface area contributed by atoms with Crippen LogP contribution in [0.5, 0.6) is 0 Å². The van der Waals surface area contributed by atoms with Crippen LogP contribution in [-0.2, 0) is 4.79 Å². The summed E-state index contributed by atoms with van der Waals surface area (Å²) in [6.07, 6.45) is 4.38. The Balaban J connectivity index is 0. The van der Waals surface area contributed by atoms with Gasteiger partial charge in [0.2, 0.25) is 5.91 Å². The van der Waals surface area contributed by atoms with Crippen LogP contribution in [0.1, 0.15) is 46.5 Å². The number of nitrogens with zero attached hydrogens (tertiary/aromatic N) is 1. The van der Waals surface area contributed by atoms with Crippen LogP contribution in [0.3, 0.4) is 0 Å². The van der Waals surface area contributed by atoms with E-state index in [2.05, 4.69) is 36.3 Å². The first-order valence-corrected chi connectivity index (χ1v) is 7.90. The molecule has 1 fully saturated rings. The van der Waals surface area contributed by atoms with E-state index in [1.165, 1.54) is 0 Å². The van der Waals surface area contributed by atoms with Crippen LogP contribution < -0.4 is 10.6 Å². The largest absolute Gasteiger partial charge is 0.353 e. The second-order valence-electron chi connectivity index (χ2n) is 5.62. The highest BCUT2D eigenvalue weighted by molar-refractivity contribution is 5.85. The van der Waals surface area contributed by atoms with E-state index in [0.29, 0.717) is 6.04 Å². The molecule has 4 nitrogen and oxygen atoms in total. The van der Waals surface area contributed by atoms with Crippen molar-refractivity contribution in [2.24, 2.45) is 5.92 Å². The minimum absolute atomic E-state index is 0. The Kier molecular flexibility index (Phi) is 15.1. The van der Waals surface area contributed by atoms with Gasteiger partial charge in [0.1, 0.15) is 0 Å². The fourth-order valence-electron chi connectivity index (χ4n) is 2.67. The second-order valence-corrected chi connectivity index (χ2v) is 5.62. The average Bonchev–Trinajstić information content (AvgIpc) is 2.44. The predicted molar refractivity (Wildman–Crippen MR) is 94.7 cm³/mol. The van der Waals surface area contributed by atoms with Crippen molar-refractivity contribution < 1.29 is 4.79 Å². The van der Waals surface area contributed by atoms with E-state index in [0.717, 1.165) is 58.4 Å². The minimum atomic E-state index is 0. The summed E-state index contributed by atoms with van der Waals surface area (Å²) in [4.78, 5) is 14.5. The monoisotopic (exact) mass is 341 g/mol. The minimum Gasteiger partial charge on any atom is -0.353 e. The van der Waals surface area contributed by atoms with E-state index in [1.807, 2.05) is 0 Å². The molecule has 1 aliphatic rings. The highest BCUT2D eigenvalue weighted by Gasteiger charge is 2.21. The molecule has 0 saturated carbocycles. The van der Waals surface area contributed by atoms with Crippen molar-refractivity contribution in [3.8, 4) is 0 Å². The van der Waals surface area contributed by atoms with Crippen molar-refractivity contribution in [3.63, 3.8) is 0 Å². The Bertz CT molecular complexity index is 257. The zero-order valence-electron chi connectivity index (χ0n) is 13.7. The lowest BCUT2D eigenvalue weighted by atomic mass is 9.98. The first kappa shape index (κ1) is 23.2. The van der Waals surface area contributed by atoms with Crippen LogP contribution in [0.4, 0.5) is 0 Å². The molecule has 0 bridgehead atoms. The first-order chi connectivity index (χ1) is 9.17. The van der Waals surface area contributed by atoms with Crippen LogP contribution in [-0.4, -0.2) is 49.6 Å². The number of carbonyl (C=O) groups excluding carboxylic acids is 1. The number of amides is 1. The summed E-state index contributed by atoms with van der Waals surface area (Å²) in [5.74, 6) is 0.418. The van der Waals surface area contributed by atoms with Crippen molar-refractivity contribution in [3.05, 3.63) is 0 Å². The third-order valence-electron chi connectivity index (χ3n) is 4.06. The molecule has 128 valence electrons. The molecule has 0 aromatic carbocycles. The molecule has 1 heterocycles. The summed E-state index contributed by atoms with van der Waals surface area (Å²) in [5.41, 5.74) is 0. The van der Waals surface area contributed by atoms with Gasteiger partial charge in [-0.05, 0) is 58.8 Å². The number of halogens is 2. The summed E-state index contributed by atoms with van der Waals surface area (Å²) < 4.78 is 0. The third kappa shape index (κ3) is 9.56. The van der Waals surface area contributed by atoms with Crippen molar-refractivity contribution in [1.82, 2.24) is 15.5 Å². The van der Waals surface area contributed by atoms with Gasteiger partial charge in [-0.15, -0.1) is 24.8 Å². The molecular formula is C15H33Cl2N3O. The molecule has 21 heavy (non-hydrogen) atoms. The topological polar surface area (TPSA) is 44.4 Å². The fourth-order valence-corrected chi connectivity index (χ4v) is 2.67. The molecule has 0 radical (unpaired) electrons. The molecule has 1 rings (SSSR count). The zero-order chi connectivity index (χ0) is 14.1. The van der Waals surface area contributed by atoms with Gasteiger partial charge in [-0.2, -0.15) is 0 Å². The van der Waals surface area contributed by atoms with Crippen LogP contribution in [0.25, 0.3) is 0 Å². The van der Waals surface area contributed by atoms with E-state index in [9.17, 15) is 4.79 Å². The molecule has 0 aromatic rings.